The maximum atomic E-state index is 8.84. The van der Waals surface area contributed by atoms with Crippen molar-refractivity contribution in [3.05, 3.63) is 11.1 Å². The lowest BCUT2D eigenvalue weighted by molar-refractivity contribution is 0.328. The van der Waals surface area contributed by atoms with Gasteiger partial charge in [-0.1, -0.05) is 5.92 Å². The molecular formula is C9H12O. The van der Waals surface area contributed by atoms with Crippen LogP contribution in [-0.2, 0) is 0 Å². The van der Waals surface area contributed by atoms with Gasteiger partial charge in [-0.05, 0) is 31.8 Å². The van der Waals surface area contributed by atoms with Crippen LogP contribution in [0.5, 0.6) is 0 Å². The van der Waals surface area contributed by atoms with E-state index in [0.717, 1.165) is 18.4 Å². The number of hydrogen-bond acceptors (Lipinski definition) is 1. The van der Waals surface area contributed by atoms with Crippen LogP contribution < -0.4 is 0 Å². The summed E-state index contributed by atoms with van der Waals surface area (Å²) in [5, 5.41) is 8.84. The fourth-order valence-electron chi connectivity index (χ4n) is 1.28. The molecule has 1 heteroatoms. The monoisotopic (exact) mass is 136 g/mol. The lowest BCUT2D eigenvalue weighted by atomic mass is 10.2. The zero-order valence-electron chi connectivity index (χ0n) is 6.28. The molecule has 0 saturated heterocycles. The Morgan fingerprint density at radius 2 is 2.30 bits per heavy atom. The average molecular weight is 136 g/mol. The minimum absolute atomic E-state index is 0.198. The van der Waals surface area contributed by atoms with Crippen LogP contribution in [0.15, 0.2) is 11.1 Å². The van der Waals surface area contributed by atoms with Gasteiger partial charge in [0, 0.05) is 5.57 Å². The quantitative estimate of drug-likeness (QED) is 0.541. The average Bonchev–Trinajstić information content (AvgIpc) is 2.36. The van der Waals surface area contributed by atoms with Gasteiger partial charge in [0.15, 0.2) is 0 Å². The Labute approximate surface area is 61.8 Å². The molecule has 0 aliphatic heterocycles. The van der Waals surface area contributed by atoms with E-state index in [0.29, 0.717) is 0 Å². The van der Waals surface area contributed by atoms with Crippen molar-refractivity contribution < 1.29 is 5.11 Å². The first-order chi connectivity index (χ1) is 4.88. The molecule has 0 unspecified atom stereocenters. The summed E-state index contributed by atoms with van der Waals surface area (Å²) in [6.45, 7) is 2.03. The van der Waals surface area contributed by atoms with Crippen LogP contribution in [0.2, 0.25) is 0 Å². The second-order valence-corrected chi connectivity index (χ2v) is 2.47. The van der Waals surface area contributed by atoms with Gasteiger partial charge in [-0.2, -0.15) is 0 Å². The van der Waals surface area contributed by atoms with Crippen molar-refractivity contribution >= 4 is 0 Å². The first kappa shape index (κ1) is 7.37. The predicted octanol–water partition coefficient (Wildman–Crippen LogP) is 1.48. The van der Waals surface area contributed by atoms with Gasteiger partial charge in [0.05, 0.1) is 6.61 Å². The maximum Gasteiger partial charge on any atom is 0.0653 e. The van der Waals surface area contributed by atoms with Gasteiger partial charge in [0.1, 0.15) is 0 Å². The second kappa shape index (κ2) is 3.43. The molecule has 1 aliphatic rings. The Morgan fingerprint density at radius 3 is 2.90 bits per heavy atom. The first-order valence-corrected chi connectivity index (χ1v) is 3.63. The topological polar surface area (TPSA) is 20.2 Å². The molecule has 54 valence electrons. The minimum Gasteiger partial charge on any atom is -0.392 e. The predicted molar refractivity (Wildman–Crippen MR) is 41.4 cm³/mol. The van der Waals surface area contributed by atoms with Gasteiger partial charge in [-0.3, -0.25) is 0 Å². The van der Waals surface area contributed by atoms with Crippen molar-refractivity contribution in [2.45, 2.75) is 26.2 Å². The standard InChI is InChI=1S/C9H12O/c1-2-4-8-5-3-6-9(8)7-10/h10H,3,5-7H2,1H3. The Hall–Kier alpha value is -0.740. The first-order valence-electron chi connectivity index (χ1n) is 3.63. The summed E-state index contributed by atoms with van der Waals surface area (Å²) in [6.07, 6.45) is 3.27. The molecule has 1 aliphatic carbocycles. The molecule has 0 amide bonds. The van der Waals surface area contributed by atoms with Crippen molar-refractivity contribution in [1.82, 2.24) is 0 Å². The van der Waals surface area contributed by atoms with Crippen molar-refractivity contribution in [3.63, 3.8) is 0 Å². The fourth-order valence-corrected chi connectivity index (χ4v) is 1.28. The molecule has 0 fully saturated rings. The SMILES string of the molecule is CC#CC1=C(CO)CCC1. The van der Waals surface area contributed by atoms with E-state index in [9.17, 15) is 0 Å². The minimum atomic E-state index is 0.198. The molecule has 0 bridgehead atoms. The van der Waals surface area contributed by atoms with E-state index in [1.807, 2.05) is 6.92 Å². The lowest BCUT2D eigenvalue weighted by Crippen LogP contribution is -1.87. The van der Waals surface area contributed by atoms with Crippen LogP contribution in [-0.4, -0.2) is 11.7 Å². The third-order valence-corrected chi connectivity index (χ3v) is 1.80. The summed E-state index contributed by atoms with van der Waals surface area (Å²) in [5.41, 5.74) is 2.32. The van der Waals surface area contributed by atoms with Gasteiger partial charge in [-0.25, -0.2) is 0 Å². The maximum absolute atomic E-state index is 8.84. The highest BCUT2D eigenvalue weighted by Crippen LogP contribution is 2.24. The Bertz CT molecular complexity index is 203. The molecule has 1 nitrogen and oxygen atoms in total. The van der Waals surface area contributed by atoms with E-state index in [1.165, 1.54) is 12.0 Å². The molecular weight excluding hydrogens is 124 g/mol. The molecule has 0 spiro atoms. The highest BCUT2D eigenvalue weighted by Gasteiger charge is 2.10. The van der Waals surface area contributed by atoms with E-state index in [2.05, 4.69) is 11.8 Å². The number of rotatable bonds is 1. The summed E-state index contributed by atoms with van der Waals surface area (Å²) >= 11 is 0. The molecule has 1 N–H and O–H groups in total. The summed E-state index contributed by atoms with van der Waals surface area (Å²) in [6, 6.07) is 0. The van der Waals surface area contributed by atoms with Crippen LogP contribution in [0.3, 0.4) is 0 Å². The van der Waals surface area contributed by atoms with E-state index < -0.39 is 0 Å². The van der Waals surface area contributed by atoms with Crippen molar-refractivity contribution in [2.24, 2.45) is 0 Å². The van der Waals surface area contributed by atoms with Gasteiger partial charge < -0.3 is 5.11 Å². The Morgan fingerprint density at radius 1 is 1.50 bits per heavy atom. The zero-order chi connectivity index (χ0) is 7.40. The fraction of sp³-hybridized carbons (Fsp3) is 0.556. The van der Waals surface area contributed by atoms with Gasteiger partial charge in [-0.15, -0.1) is 5.92 Å². The normalized spacial score (nSPS) is 17.0. The zero-order valence-corrected chi connectivity index (χ0v) is 6.28. The van der Waals surface area contributed by atoms with Crippen LogP contribution >= 0.6 is 0 Å². The summed E-state index contributed by atoms with van der Waals surface area (Å²) in [4.78, 5) is 0. The molecule has 0 aromatic heterocycles. The molecule has 0 saturated carbocycles. The lowest BCUT2D eigenvalue weighted by Gasteiger charge is -1.93. The van der Waals surface area contributed by atoms with Crippen LogP contribution in [0.1, 0.15) is 26.2 Å². The largest absolute Gasteiger partial charge is 0.392 e. The molecule has 0 aromatic rings. The summed E-state index contributed by atoms with van der Waals surface area (Å²) in [7, 11) is 0. The third kappa shape index (κ3) is 1.40. The van der Waals surface area contributed by atoms with Crippen LogP contribution in [0.25, 0.3) is 0 Å². The van der Waals surface area contributed by atoms with E-state index in [1.54, 1.807) is 0 Å². The van der Waals surface area contributed by atoms with E-state index >= 15 is 0 Å². The van der Waals surface area contributed by atoms with Crippen molar-refractivity contribution in [2.75, 3.05) is 6.61 Å². The number of hydrogen-bond donors (Lipinski definition) is 1. The molecule has 0 heterocycles. The molecule has 10 heavy (non-hydrogen) atoms. The van der Waals surface area contributed by atoms with Crippen LogP contribution in [0.4, 0.5) is 0 Å². The molecule has 0 atom stereocenters. The molecule has 1 rings (SSSR count). The highest BCUT2D eigenvalue weighted by molar-refractivity contribution is 5.36. The van der Waals surface area contributed by atoms with E-state index in [-0.39, 0.29) is 6.61 Å². The van der Waals surface area contributed by atoms with Crippen molar-refractivity contribution in [3.8, 4) is 11.8 Å². The number of allylic oxidation sites excluding steroid dienone is 1. The number of aliphatic hydroxyl groups excluding tert-OH is 1. The van der Waals surface area contributed by atoms with Gasteiger partial charge >= 0.3 is 0 Å². The van der Waals surface area contributed by atoms with Crippen molar-refractivity contribution in [1.29, 1.82) is 0 Å². The third-order valence-electron chi connectivity index (χ3n) is 1.80. The second-order valence-electron chi connectivity index (χ2n) is 2.47. The van der Waals surface area contributed by atoms with E-state index in [4.69, 9.17) is 5.11 Å². The van der Waals surface area contributed by atoms with Gasteiger partial charge in [0.25, 0.3) is 0 Å². The smallest absolute Gasteiger partial charge is 0.0653 e. The van der Waals surface area contributed by atoms with Crippen LogP contribution in [0, 0.1) is 11.8 Å². The highest BCUT2D eigenvalue weighted by atomic mass is 16.3. The summed E-state index contributed by atoms with van der Waals surface area (Å²) in [5.74, 6) is 5.87. The summed E-state index contributed by atoms with van der Waals surface area (Å²) < 4.78 is 0. The number of aliphatic hydroxyl groups is 1. The Kier molecular flexibility index (Phi) is 2.53. The molecule has 0 radical (unpaired) electrons. The van der Waals surface area contributed by atoms with Gasteiger partial charge in [0.2, 0.25) is 0 Å². The molecule has 0 aromatic carbocycles. The Balaban J connectivity index is 2.74.